The van der Waals surface area contributed by atoms with Gasteiger partial charge >= 0.3 is 18.9 Å². The molecule has 11 heavy (non-hydrogen) atoms. The van der Waals surface area contributed by atoms with Crippen molar-refractivity contribution in [1.29, 1.82) is 0 Å². The van der Waals surface area contributed by atoms with Crippen molar-refractivity contribution in [2.24, 2.45) is 0 Å². The molecule has 0 aromatic rings. The van der Waals surface area contributed by atoms with Crippen LogP contribution in [0, 0.1) is 6.92 Å². The molecule has 0 heterocycles. The van der Waals surface area contributed by atoms with Crippen molar-refractivity contribution in [3.8, 4) is 0 Å². The summed E-state index contributed by atoms with van der Waals surface area (Å²) in [4.78, 5) is 0. The van der Waals surface area contributed by atoms with E-state index < -0.39 is 0 Å². The molecule has 0 unspecified atom stereocenters. The van der Waals surface area contributed by atoms with Crippen LogP contribution in [0.15, 0.2) is 0 Å². The predicted molar refractivity (Wildman–Crippen MR) is 41.7 cm³/mol. The Kier molecular flexibility index (Phi) is 16.8. The fourth-order valence-corrected chi connectivity index (χ4v) is 0.622. The van der Waals surface area contributed by atoms with Gasteiger partial charge in [-0.25, -0.2) is 0 Å². The van der Waals surface area contributed by atoms with Crippen LogP contribution < -0.4 is 18.9 Å². The molecule has 1 N–H and O–H groups in total. The Morgan fingerprint density at radius 1 is 1.09 bits per heavy atom. The largest absolute Gasteiger partial charge is 1.00 e. The van der Waals surface area contributed by atoms with E-state index >= 15 is 0 Å². The van der Waals surface area contributed by atoms with Crippen molar-refractivity contribution < 1.29 is 28.7 Å². The van der Waals surface area contributed by atoms with Crippen molar-refractivity contribution >= 4 is 0 Å². The summed E-state index contributed by atoms with van der Waals surface area (Å²) < 4.78 is 5.22. The molecule has 0 aromatic heterocycles. The van der Waals surface area contributed by atoms with Gasteiger partial charge < -0.3 is 16.8 Å². The first-order chi connectivity index (χ1) is 4.91. The Morgan fingerprint density at radius 3 is 2.27 bits per heavy atom. The molecule has 3 heteroatoms. The van der Waals surface area contributed by atoms with E-state index in [1.807, 2.05) is 0 Å². The fourth-order valence-electron chi connectivity index (χ4n) is 0.622. The zero-order valence-corrected chi connectivity index (χ0v) is 7.51. The predicted octanol–water partition coefficient (Wildman–Crippen LogP) is -1.61. The average Bonchev–Trinajstić information content (AvgIpc) is 1.97. The number of aliphatic hydroxyl groups is 1. The summed E-state index contributed by atoms with van der Waals surface area (Å²) in [5, 5.41) is 8.40. The van der Waals surface area contributed by atoms with Crippen LogP contribution in [0.2, 0.25) is 0 Å². The van der Waals surface area contributed by atoms with Gasteiger partial charge in [-0.1, -0.05) is 6.42 Å². The maximum absolute atomic E-state index is 8.40. The zero-order valence-electron chi connectivity index (χ0n) is 7.51. The molecule has 0 atom stereocenters. The Balaban J connectivity index is 0. The first-order valence-corrected chi connectivity index (χ1v) is 3.89. The molecular formula is C8H17LiO2. The third kappa shape index (κ3) is 13.5. The number of aliphatic hydroxyl groups excluding tert-OH is 1. The molecule has 2 nitrogen and oxygen atoms in total. The molecule has 0 bridgehead atoms. The Morgan fingerprint density at radius 2 is 1.73 bits per heavy atom. The minimum Gasteiger partial charge on any atom is -0.396 e. The van der Waals surface area contributed by atoms with Gasteiger partial charge in [0.1, 0.15) is 0 Å². The SMILES string of the molecule is [CH2-]CCCOCCCCO.[Li+]. The summed E-state index contributed by atoms with van der Waals surface area (Å²) in [6.45, 7) is 5.57. The number of hydrogen-bond donors (Lipinski definition) is 1. The van der Waals surface area contributed by atoms with Crippen LogP contribution in [0.1, 0.15) is 25.7 Å². The van der Waals surface area contributed by atoms with E-state index in [0.717, 1.165) is 38.9 Å². The number of unbranched alkanes of at least 4 members (excludes halogenated alkanes) is 2. The van der Waals surface area contributed by atoms with Crippen molar-refractivity contribution in [3.63, 3.8) is 0 Å². The molecule has 62 valence electrons. The third-order valence-corrected chi connectivity index (χ3v) is 1.24. The molecule has 0 spiro atoms. The van der Waals surface area contributed by atoms with Crippen molar-refractivity contribution in [2.45, 2.75) is 25.7 Å². The quantitative estimate of drug-likeness (QED) is 0.270. The van der Waals surface area contributed by atoms with Crippen LogP contribution >= 0.6 is 0 Å². The van der Waals surface area contributed by atoms with E-state index in [2.05, 4.69) is 6.92 Å². The van der Waals surface area contributed by atoms with E-state index in [0.29, 0.717) is 0 Å². The van der Waals surface area contributed by atoms with Crippen LogP contribution in [-0.2, 0) is 4.74 Å². The van der Waals surface area contributed by atoms with Gasteiger partial charge in [0, 0.05) is 19.8 Å². The van der Waals surface area contributed by atoms with Gasteiger partial charge in [-0.2, -0.15) is 6.42 Å². The van der Waals surface area contributed by atoms with Gasteiger partial charge in [0.2, 0.25) is 0 Å². The molecule has 0 fully saturated rings. The van der Waals surface area contributed by atoms with Gasteiger partial charge in [0.25, 0.3) is 0 Å². The molecule has 0 saturated carbocycles. The van der Waals surface area contributed by atoms with Gasteiger partial charge in [-0.15, -0.1) is 0 Å². The summed E-state index contributed by atoms with van der Waals surface area (Å²) in [7, 11) is 0. The first kappa shape index (κ1) is 14.1. The standard InChI is InChI=1S/C8H17O2.Li/c1-2-3-7-10-8-5-4-6-9;/h9H,1-8H2;/q-1;+1. The molecule has 0 amide bonds. The third-order valence-electron chi connectivity index (χ3n) is 1.24. The van der Waals surface area contributed by atoms with Crippen LogP contribution in [-0.4, -0.2) is 24.9 Å². The smallest absolute Gasteiger partial charge is 0.396 e. The second kappa shape index (κ2) is 13.1. The Labute approximate surface area is 81.5 Å². The van der Waals surface area contributed by atoms with E-state index in [-0.39, 0.29) is 25.5 Å². The molecule has 0 aliphatic heterocycles. The second-order valence-electron chi connectivity index (χ2n) is 2.25. The molecule has 0 rings (SSSR count). The number of rotatable bonds is 7. The average molecular weight is 152 g/mol. The summed E-state index contributed by atoms with van der Waals surface area (Å²) in [5.74, 6) is 0. The van der Waals surface area contributed by atoms with E-state index in [9.17, 15) is 0 Å². The van der Waals surface area contributed by atoms with E-state index in [1.165, 1.54) is 0 Å². The minimum atomic E-state index is 0. The van der Waals surface area contributed by atoms with Gasteiger partial charge in [0.15, 0.2) is 0 Å². The van der Waals surface area contributed by atoms with Crippen molar-refractivity contribution in [1.82, 2.24) is 0 Å². The van der Waals surface area contributed by atoms with E-state index in [1.54, 1.807) is 0 Å². The Hall–Kier alpha value is 0.517. The summed E-state index contributed by atoms with van der Waals surface area (Å²) in [5.41, 5.74) is 0. The Bertz CT molecular complexity index is 52.1. The maximum Gasteiger partial charge on any atom is 1.00 e. The molecule has 0 aliphatic rings. The minimum absolute atomic E-state index is 0. The maximum atomic E-state index is 8.40. The normalized spacial score (nSPS) is 9.27. The monoisotopic (exact) mass is 152 g/mol. The van der Waals surface area contributed by atoms with Crippen molar-refractivity contribution in [3.05, 3.63) is 6.92 Å². The first-order valence-electron chi connectivity index (χ1n) is 3.89. The fraction of sp³-hybridized carbons (Fsp3) is 0.875. The zero-order chi connectivity index (χ0) is 7.66. The van der Waals surface area contributed by atoms with Crippen molar-refractivity contribution in [2.75, 3.05) is 19.8 Å². The van der Waals surface area contributed by atoms with Crippen LogP contribution in [0.4, 0.5) is 0 Å². The number of ether oxygens (including phenoxy) is 1. The summed E-state index contributed by atoms with van der Waals surface area (Å²) >= 11 is 0. The topological polar surface area (TPSA) is 29.5 Å². The van der Waals surface area contributed by atoms with Gasteiger partial charge in [-0.3, -0.25) is 0 Å². The number of hydrogen-bond acceptors (Lipinski definition) is 2. The molecular weight excluding hydrogens is 135 g/mol. The van der Waals surface area contributed by atoms with Crippen LogP contribution in [0.25, 0.3) is 0 Å². The molecule has 0 aromatic carbocycles. The molecule has 0 aliphatic carbocycles. The van der Waals surface area contributed by atoms with Crippen LogP contribution in [0.5, 0.6) is 0 Å². The summed E-state index contributed by atoms with van der Waals surface area (Å²) in [6.07, 6.45) is 3.80. The van der Waals surface area contributed by atoms with Gasteiger partial charge in [-0.05, 0) is 12.8 Å². The summed E-state index contributed by atoms with van der Waals surface area (Å²) in [6, 6.07) is 0. The van der Waals surface area contributed by atoms with Crippen LogP contribution in [0.3, 0.4) is 0 Å². The molecule has 0 saturated heterocycles. The second-order valence-corrected chi connectivity index (χ2v) is 2.25. The molecule has 0 radical (unpaired) electrons. The van der Waals surface area contributed by atoms with Gasteiger partial charge in [0.05, 0.1) is 0 Å². The van der Waals surface area contributed by atoms with E-state index in [4.69, 9.17) is 9.84 Å².